The Hall–Kier alpha value is -2.31. The largest absolute Gasteiger partial charge is 0.480 e. The van der Waals surface area contributed by atoms with E-state index in [9.17, 15) is 9.59 Å². The highest BCUT2D eigenvalue weighted by atomic mass is 16.4. The van der Waals surface area contributed by atoms with E-state index < -0.39 is 18.0 Å². The van der Waals surface area contributed by atoms with E-state index >= 15 is 0 Å². The maximum Gasteiger partial charge on any atom is 0.326 e. The molecule has 0 aliphatic rings. The molecule has 2 amide bonds. The molecular weight excluding hydrogens is 248 g/mol. The Bertz CT molecular complexity index is 456. The Morgan fingerprint density at radius 1 is 1.63 bits per heavy atom. The lowest BCUT2D eigenvalue weighted by molar-refractivity contribution is -0.139. The Kier molecular flexibility index (Phi) is 5.11. The van der Waals surface area contributed by atoms with Crippen LogP contribution in [0, 0.1) is 0 Å². The topological polar surface area (TPSA) is 98.3 Å². The van der Waals surface area contributed by atoms with Crippen LogP contribution < -0.4 is 5.32 Å². The molecule has 1 aromatic rings. The summed E-state index contributed by atoms with van der Waals surface area (Å²) in [6, 6.07) is -1.45. The first-order valence-electron chi connectivity index (χ1n) is 5.76. The lowest BCUT2D eigenvalue weighted by atomic mass is 10.1. The third-order valence-electron chi connectivity index (χ3n) is 2.43. The van der Waals surface area contributed by atoms with Gasteiger partial charge in [-0.1, -0.05) is 12.2 Å². The van der Waals surface area contributed by atoms with Gasteiger partial charge in [0.05, 0.1) is 6.33 Å². The molecule has 1 rings (SSSR count). The summed E-state index contributed by atoms with van der Waals surface area (Å²) in [5, 5.41) is 11.6. The molecule has 0 aromatic carbocycles. The number of amides is 2. The fourth-order valence-electron chi connectivity index (χ4n) is 1.55. The number of urea groups is 1. The van der Waals surface area contributed by atoms with Crippen LogP contribution in [0.5, 0.6) is 0 Å². The number of aromatic amines is 1. The lowest BCUT2D eigenvalue weighted by Crippen LogP contribution is -2.48. The van der Waals surface area contributed by atoms with Crippen molar-refractivity contribution in [3.63, 3.8) is 0 Å². The molecule has 0 saturated heterocycles. The van der Waals surface area contributed by atoms with Gasteiger partial charge in [-0.3, -0.25) is 0 Å². The number of H-pyrrole nitrogens is 1. The Morgan fingerprint density at radius 3 is 2.79 bits per heavy atom. The summed E-state index contributed by atoms with van der Waals surface area (Å²) in [6.07, 6.45) is 3.14. The molecule has 104 valence electrons. The smallest absolute Gasteiger partial charge is 0.326 e. The van der Waals surface area contributed by atoms with Gasteiger partial charge in [-0.05, 0) is 6.92 Å². The Balaban J connectivity index is 2.61. The van der Waals surface area contributed by atoms with Crippen molar-refractivity contribution in [2.75, 3.05) is 13.6 Å². The number of carboxylic acids is 1. The molecule has 0 bridgehead atoms. The van der Waals surface area contributed by atoms with Gasteiger partial charge in [0, 0.05) is 31.9 Å². The SMILES string of the molecule is C=C(C)CN(C)C(=O)N[C@@H](Cc1cnc[nH]1)C(=O)O. The second-order valence-corrected chi connectivity index (χ2v) is 4.43. The average molecular weight is 266 g/mol. The average Bonchev–Trinajstić information content (AvgIpc) is 2.79. The van der Waals surface area contributed by atoms with Crippen molar-refractivity contribution < 1.29 is 14.7 Å². The minimum Gasteiger partial charge on any atom is -0.480 e. The second-order valence-electron chi connectivity index (χ2n) is 4.43. The molecule has 1 aromatic heterocycles. The maximum atomic E-state index is 11.8. The van der Waals surface area contributed by atoms with Gasteiger partial charge in [0.15, 0.2) is 0 Å². The van der Waals surface area contributed by atoms with E-state index in [-0.39, 0.29) is 6.42 Å². The van der Waals surface area contributed by atoms with Gasteiger partial charge < -0.3 is 20.3 Å². The van der Waals surface area contributed by atoms with Gasteiger partial charge in [-0.2, -0.15) is 0 Å². The molecule has 1 atom stereocenters. The van der Waals surface area contributed by atoms with E-state index in [1.54, 1.807) is 14.0 Å². The summed E-state index contributed by atoms with van der Waals surface area (Å²) in [6.45, 7) is 5.87. The first-order valence-corrected chi connectivity index (χ1v) is 5.76. The standard InChI is InChI=1S/C12H18N4O3/c1-8(2)6-16(3)12(19)15-10(11(17)18)4-9-5-13-7-14-9/h5,7,10H,1,4,6H2,2-3H3,(H,13,14)(H,15,19)(H,17,18)/t10-/m0/s1. The van der Waals surface area contributed by atoms with Crippen LogP contribution in [0.25, 0.3) is 0 Å². The first-order chi connectivity index (χ1) is 8.90. The number of hydrogen-bond acceptors (Lipinski definition) is 3. The zero-order chi connectivity index (χ0) is 14.4. The van der Waals surface area contributed by atoms with Crippen LogP contribution in [0.4, 0.5) is 4.79 Å². The summed E-state index contributed by atoms with van der Waals surface area (Å²) in [5.74, 6) is -1.09. The summed E-state index contributed by atoms with van der Waals surface area (Å²) >= 11 is 0. The summed E-state index contributed by atoms with van der Waals surface area (Å²) in [7, 11) is 1.58. The lowest BCUT2D eigenvalue weighted by Gasteiger charge is -2.21. The van der Waals surface area contributed by atoms with E-state index in [0.29, 0.717) is 12.2 Å². The number of likely N-dealkylation sites (N-methyl/N-ethyl adjacent to an activating group) is 1. The highest BCUT2D eigenvalue weighted by molar-refractivity contribution is 5.82. The van der Waals surface area contributed by atoms with Crippen molar-refractivity contribution in [1.29, 1.82) is 0 Å². The minimum absolute atomic E-state index is 0.155. The zero-order valence-electron chi connectivity index (χ0n) is 11.0. The highest BCUT2D eigenvalue weighted by Gasteiger charge is 2.22. The fraction of sp³-hybridized carbons (Fsp3) is 0.417. The number of aliphatic carboxylic acids is 1. The van der Waals surface area contributed by atoms with Gasteiger partial charge in [-0.25, -0.2) is 14.6 Å². The third kappa shape index (κ3) is 4.82. The second kappa shape index (κ2) is 6.58. The van der Waals surface area contributed by atoms with Crippen LogP contribution in [0.1, 0.15) is 12.6 Å². The first kappa shape index (κ1) is 14.7. The van der Waals surface area contributed by atoms with Gasteiger partial charge >= 0.3 is 12.0 Å². The summed E-state index contributed by atoms with van der Waals surface area (Å²) < 4.78 is 0. The molecule has 0 aliphatic heterocycles. The molecule has 0 spiro atoms. The van der Waals surface area contributed by atoms with Gasteiger partial charge in [0.2, 0.25) is 0 Å². The minimum atomic E-state index is -1.09. The van der Waals surface area contributed by atoms with Crippen LogP contribution in [-0.2, 0) is 11.2 Å². The van der Waals surface area contributed by atoms with E-state index in [0.717, 1.165) is 5.57 Å². The number of aromatic nitrogens is 2. The predicted octanol–water partition coefficient (Wildman–Crippen LogP) is 0.623. The molecule has 0 saturated carbocycles. The number of imidazole rings is 1. The molecule has 7 nitrogen and oxygen atoms in total. The molecule has 19 heavy (non-hydrogen) atoms. The van der Waals surface area contributed by atoms with Crippen LogP contribution in [-0.4, -0.2) is 51.6 Å². The number of carbonyl (C=O) groups is 2. The van der Waals surface area contributed by atoms with E-state index in [2.05, 4.69) is 21.9 Å². The summed E-state index contributed by atoms with van der Waals surface area (Å²) in [4.78, 5) is 30.9. The van der Waals surface area contributed by atoms with Crippen molar-refractivity contribution in [2.45, 2.75) is 19.4 Å². The van der Waals surface area contributed by atoms with Crippen molar-refractivity contribution >= 4 is 12.0 Å². The Labute approximate surface area is 111 Å². The number of rotatable bonds is 6. The van der Waals surface area contributed by atoms with Gasteiger partial charge in [0.1, 0.15) is 6.04 Å². The summed E-state index contributed by atoms with van der Waals surface area (Å²) in [5.41, 5.74) is 1.47. The molecule has 3 N–H and O–H groups in total. The third-order valence-corrected chi connectivity index (χ3v) is 2.43. The number of carbonyl (C=O) groups excluding carboxylic acids is 1. The monoisotopic (exact) mass is 266 g/mol. The Morgan fingerprint density at radius 2 is 2.32 bits per heavy atom. The highest BCUT2D eigenvalue weighted by Crippen LogP contribution is 2.01. The number of nitrogens with one attached hydrogen (secondary N) is 2. The zero-order valence-corrected chi connectivity index (χ0v) is 11.0. The molecule has 0 fully saturated rings. The van der Waals surface area contributed by atoms with Crippen LogP contribution in [0.15, 0.2) is 24.7 Å². The van der Waals surface area contributed by atoms with E-state index in [1.165, 1.54) is 17.4 Å². The quantitative estimate of drug-likeness (QED) is 0.657. The predicted molar refractivity (Wildman–Crippen MR) is 69.7 cm³/mol. The van der Waals surface area contributed by atoms with E-state index in [4.69, 9.17) is 5.11 Å². The van der Waals surface area contributed by atoms with Crippen molar-refractivity contribution in [3.05, 3.63) is 30.4 Å². The van der Waals surface area contributed by atoms with Crippen molar-refractivity contribution in [1.82, 2.24) is 20.2 Å². The number of hydrogen-bond donors (Lipinski definition) is 3. The van der Waals surface area contributed by atoms with Crippen LogP contribution in [0.2, 0.25) is 0 Å². The number of carboxylic acid groups (broad SMARTS) is 1. The van der Waals surface area contributed by atoms with E-state index in [1.807, 2.05) is 0 Å². The maximum absolute atomic E-state index is 11.8. The molecule has 0 aliphatic carbocycles. The molecule has 0 radical (unpaired) electrons. The molecule has 1 heterocycles. The molecule has 0 unspecified atom stereocenters. The van der Waals surface area contributed by atoms with Gasteiger partial charge in [0.25, 0.3) is 0 Å². The normalized spacial score (nSPS) is 11.7. The number of nitrogens with zero attached hydrogens (tertiary/aromatic N) is 2. The van der Waals surface area contributed by atoms with Gasteiger partial charge in [-0.15, -0.1) is 0 Å². The molecule has 7 heteroatoms. The fourth-order valence-corrected chi connectivity index (χ4v) is 1.55. The van der Waals surface area contributed by atoms with Crippen LogP contribution >= 0.6 is 0 Å². The molecular formula is C12H18N4O3. The van der Waals surface area contributed by atoms with Crippen molar-refractivity contribution in [2.24, 2.45) is 0 Å². The van der Waals surface area contributed by atoms with Crippen LogP contribution in [0.3, 0.4) is 0 Å². The van der Waals surface area contributed by atoms with Crippen molar-refractivity contribution in [3.8, 4) is 0 Å².